The lowest BCUT2D eigenvalue weighted by Crippen LogP contribution is -2.45. The lowest BCUT2D eigenvalue weighted by Gasteiger charge is -2.34. The highest BCUT2D eigenvalue weighted by Gasteiger charge is 2.20. The number of rotatable bonds is 6. The first-order valence-corrected chi connectivity index (χ1v) is 9.83. The summed E-state index contributed by atoms with van der Waals surface area (Å²) in [5.74, 6) is 1.73. The SMILES string of the molecule is COc1ccccc1-n1cnnc1CN1CCN(Cc2ccccc2Cl)CC1.Cl.Cl. The first kappa shape index (κ1) is 24.4. The second-order valence-corrected chi connectivity index (χ2v) is 7.34. The Bertz CT molecular complexity index is 928. The largest absolute Gasteiger partial charge is 0.495 e. The normalized spacial score (nSPS) is 14.6. The van der Waals surface area contributed by atoms with Crippen molar-refractivity contribution in [2.75, 3.05) is 33.3 Å². The summed E-state index contributed by atoms with van der Waals surface area (Å²) in [6, 6.07) is 16.0. The molecule has 1 aliphatic rings. The van der Waals surface area contributed by atoms with Gasteiger partial charge in [-0.2, -0.15) is 0 Å². The Balaban J connectivity index is 0.00000160. The molecule has 30 heavy (non-hydrogen) atoms. The van der Waals surface area contributed by atoms with Crippen LogP contribution >= 0.6 is 36.4 Å². The van der Waals surface area contributed by atoms with E-state index in [9.17, 15) is 0 Å². The number of hydrogen-bond donors (Lipinski definition) is 0. The number of aromatic nitrogens is 3. The molecule has 1 aliphatic heterocycles. The van der Waals surface area contributed by atoms with E-state index in [0.29, 0.717) is 0 Å². The van der Waals surface area contributed by atoms with E-state index in [0.717, 1.165) is 61.6 Å². The van der Waals surface area contributed by atoms with Crippen molar-refractivity contribution in [1.82, 2.24) is 24.6 Å². The first-order chi connectivity index (χ1) is 13.7. The molecule has 0 unspecified atom stereocenters. The van der Waals surface area contributed by atoms with Crippen molar-refractivity contribution in [1.29, 1.82) is 0 Å². The molecule has 1 saturated heterocycles. The molecule has 0 saturated carbocycles. The molecule has 2 heterocycles. The van der Waals surface area contributed by atoms with E-state index < -0.39 is 0 Å². The summed E-state index contributed by atoms with van der Waals surface area (Å²) in [5.41, 5.74) is 2.15. The van der Waals surface area contributed by atoms with E-state index in [2.05, 4.69) is 26.1 Å². The van der Waals surface area contributed by atoms with Crippen LogP contribution in [-0.4, -0.2) is 57.9 Å². The summed E-state index contributed by atoms with van der Waals surface area (Å²) >= 11 is 6.30. The van der Waals surface area contributed by atoms with Crippen LogP contribution in [0, 0.1) is 0 Å². The van der Waals surface area contributed by atoms with E-state index in [1.165, 1.54) is 5.56 Å². The van der Waals surface area contributed by atoms with Crippen molar-refractivity contribution in [2.45, 2.75) is 13.1 Å². The highest BCUT2D eigenvalue weighted by Crippen LogP contribution is 2.23. The fraction of sp³-hybridized carbons (Fsp3) is 0.333. The predicted octanol–water partition coefficient (Wildman–Crippen LogP) is 4.09. The van der Waals surface area contributed by atoms with Gasteiger partial charge in [0.25, 0.3) is 0 Å². The van der Waals surface area contributed by atoms with E-state index in [1.807, 2.05) is 47.0 Å². The lowest BCUT2D eigenvalue weighted by atomic mass is 10.2. The van der Waals surface area contributed by atoms with Gasteiger partial charge >= 0.3 is 0 Å². The van der Waals surface area contributed by atoms with Gasteiger partial charge in [-0.15, -0.1) is 35.0 Å². The number of halogens is 3. The molecule has 9 heteroatoms. The van der Waals surface area contributed by atoms with Crippen LogP contribution in [0.3, 0.4) is 0 Å². The molecule has 0 spiro atoms. The van der Waals surface area contributed by atoms with Crippen LogP contribution in [0.4, 0.5) is 0 Å². The molecule has 0 bridgehead atoms. The summed E-state index contributed by atoms with van der Waals surface area (Å²) in [6.07, 6.45) is 1.75. The van der Waals surface area contributed by atoms with Gasteiger partial charge in [0.05, 0.1) is 19.3 Å². The van der Waals surface area contributed by atoms with Crippen LogP contribution in [0.2, 0.25) is 5.02 Å². The van der Waals surface area contributed by atoms with E-state index in [1.54, 1.807) is 13.4 Å². The lowest BCUT2D eigenvalue weighted by molar-refractivity contribution is 0.119. The Kier molecular flexibility index (Phi) is 9.39. The first-order valence-electron chi connectivity index (χ1n) is 9.45. The zero-order valence-electron chi connectivity index (χ0n) is 16.8. The van der Waals surface area contributed by atoms with Crippen molar-refractivity contribution in [3.63, 3.8) is 0 Å². The van der Waals surface area contributed by atoms with Crippen molar-refractivity contribution < 1.29 is 4.74 Å². The fourth-order valence-electron chi connectivity index (χ4n) is 3.57. The fourth-order valence-corrected chi connectivity index (χ4v) is 3.77. The quantitative estimate of drug-likeness (QED) is 0.543. The smallest absolute Gasteiger partial charge is 0.151 e. The van der Waals surface area contributed by atoms with Gasteiger partial charge in [-0.05, 0) is 23.8 Å². The predicted molar refractivity (Wildman–Crippen MR) is 124 cm³/mol. The Morgan fingerprint density at radius 2 is 1.53 bits per heavy atom. The summed E-state index contributed by atoms with van der Waals surface area (Å²) in [4.78, 5) is 4.86. The highest BCUT2D eigenvalue weighted by molar-refractivity contribution is 6.31. The minimum Gasteiger partial charge on any atom is -0.495 e. The molecule has 0 amide bonds. The summed E-state index contributed by atoms with van der Waals surface area (Å²) in [5, 5.41) is 9.31. The zero-order chi connectivity index (χ0) is 19.3. The van der Waals surface area contributed by atoms with Gasteiger partial charge < -0.3 is 4.74 Å². The van der Waals surface area contributed by atoms with Gasteiger partial charge in [0.2, 0.25) is 0 Å². The topological polar surface area (TPSA) is 46.4 Å². The summed E-state index contributed by atoms with van der Waals surface area (Å²) in [7, 11) is 1.68. The number of ether oxygens (including phenoxy) is 1. The molecule has 0 atom stereocenters. The van der Waals surface area contributed by atoms with Crippen LogP contribution in [0.15, 0.2) is 54.9 Å². The number of benzene rings is 2. The molecule has 3 aromatic rings. The highest BCUT2D eigenvalue weighted by atomic mass is 35.5. The zero-order valence-corrected chi connectivity index (χ0v) is 19.2. The number of methoxy groups -OCH3 is 1. The Hall–Kier alpha value is -1.83. The van der Waals surface area contributed by atoms with Gasteiger partial charge in [-0.1, -0.05) is 41.9 Å². The maximum absolute atomic E-state index is 6.30. The number of nitrogens with zero attached hydrogens (tertiary/aromatic N) is 5. The third kappa shape index (κ3) is 5.65. The third-order valence-corrected chi connectivity index (χ3v) is 5.51. The monoisotopic (exact) mass is 469 g/mol. The second-order valence-electron chi connectivity index (χ2n) is 6.93. The maximum atomic E-state index is 6.30. The van der Waals surface area contributed by atoms with Crippen LogP contribution in [0.25, 0.3) is 5.69 Å². The van der Waals surface area contributed by atoms with Crippen molar-refractivity contribution in [3.8, 4) is 11.4 Å². The molecule has 6 nitrogen and oxygen atoms in total. The van der Waals surface area contributed by atoms with E-state index in [4.69, 9.17) is 16.3 Å². The van der Waals surface area contributed by atoms with Crippen LogP contribution in [-0.2, 0) is 13.1 Å². The Morgan fingerprint density at radius 3 is 2.23 bits per heavy atom. The maximum Gasteiger partial charge on any atom is 0.151 e. The van der Waals surface area contributed by atoms with Gasteiger partial charge in [-0.25, -0.2) is 0 Å². The standard InChI is InChI=1S/C21H24ClN5O.2ClH/c1-28-20-9-5-4-8-19(20)27-16-23-24-21(27)15-26-12-10-25(11-13-26)14-17-6-2-3-7-18(17)22;;/h2-9,16H,10-15H2,1H3;2*1H. The number of hydrogen-bond acceptors (Lipinski definition) is 5. The molecular weight excluding hydrogens is 445 g/mol. The molecule has 162 valence electrons. The summed E-state index contributed by atoms with van der Waals surface area (Å²) < 4.78 is 7.50. The molecule has 1 fully saturated rings. The average molecular weight is 471 g/mol. The van der Waals surface area contributed by atoms with Crippen molar-refractivity contribution in [2.24, 2.45) is 0 Å². The van der Waals surface area contributed by atoms with Crippen molar-refractivity contribution in [3.05, 3.63) is 71.3 Å². The van der Waals surface area contributed by atoms with Gasteiger partial charge in [-0.3, -0.25) is 14.4 Å². The third-order valence-electron chi connectivity index (χ3n) is 5.14. The molecule has 2 aromatic carbocycles. The molecule has 0 aliphatic carbocycles. The van der Waals surface area contributed by atoms with E-state index in [-0.39, 0.29) is 24.8 Å². The van der Waals surface area contributed by atoms with Gasteiger partial charge in [0.1, 0.15) is 12.1 Å². The minimum absolute atomic E-state index is 0. The van der Waals surface area contributed by atoms with E-state index >= 15 is 0 Å². The Morgan fingerprint density at radius 1 is 0.900 bits per heavy atom. The Labute approximate surface area is 194 Å². The molecular formula is C21H26Cl3N5O. The molecule has 1 aromatic heterocycles. The minimum atomic E-state index is 0. The van der Waals surface area contributed by atoms with Gasteiger partial charge in [0, 0.05) is 37.7 Å². The van der Waals surface area contributed by atoms with Crippen LogP contribution in [0.1, 0.15) is 11.4 Å². The van der Waals surface area contributed by atoms with Crippen LogP contribution in [0.5, 0.6) is 5.75 Å². The second kappa shape index (κ2) is 11.5. The molecule has 4 rings (SSSR count). The molecule has 0 N–H and O–H groups in total. The average Bonchev–Trinajstić information content (AvgIpc) is 3.19. The van der Waals surface area contributed by atoms with Gasteiger partial charge in [0.15, 0.2) is 5.82 Å². The van der Waals surface area contributed by atoms with Crippen LogP contribution < -0.4 is 4.74 Å². The molecule has 0 radical (unpaired) electrons. The number of para-hydroxylation sites is 2. The summed E-state index contributed by atoms with van der Waals surface area (Å²) in [6.45, 7) is 5.65. The van der Waals surface area contributed by atoms with Crippen molar-refractivity contribution >= 4 is 36.4 Å². The number of piperazine rings is 1.